The van der Waals surface area contributed by atoms with Crippen LogP contribution in [0.3, 0.4) is 0 Å². The molecule has 0 spiro atoms. The average molecular weight is 496 g/mol. The van der Waals surface area contributed by atoms with Crippen molar-refractivity contribution in [1.29, 1.82) is 0 Å². The van der Waals surface area contributed by atoms with Crippen molar-refractivity contribution in [2.45, 2.75) is 0 Å². The number of benzene rings is 2. The van der Waals surface area contributed by atoms with E-state index < -0.39 is 0 Å². The van der Waals surface area contributed by atoms with Crippen LogP contribution >= 0.6 is 23.2 Å². The van der Waals surface area contributed by atoms with Gasteiger partial charge in [0.05, 0.1) is 6.21 Å². The summed E-state index contributed by atoms with van der Waals surface area (Å²) in [6, 6.07) is 18.0. The molecule has 7 nitrogen and oxygen atoms in total. The van der Waals surface area contributed by atoms with Crippen LogP contribution in [-0.2, 0) is 4.79 Å². The Hall–Kier alpha value is -3.42. The minimum Gasteiger partial charge on any atom is -0.368 e. The Morgan fingerprint density at radius 3 is 2.32 bits per heavy atom. The first-order valence-corrected chi connectivity index (χ1v) is 11.5. The van der Waals surface area contributed by atoms with Crippen molar-refractivity contribution in [2.75, 3.05) is 37.6 Å². The maximum atomic E-state index is 13.1. The highest BCUT2D eigenvalue weighted by molar-refractivity contribution is 6.31. The number of piperazine rings is 1. The second-order valence-electron chi connectivity index (χ2n) is 7.74. The maximum absolute atomic E-state index is 13.1. The van der Waals surface area contributed by atoms with E-state index in [4.69, 9.17) is 23.2 Å². The van der Waals surface area contributed by atoms with Gasteiger partial charge in [-0.15, -0.1) is 0 Å². The highest BCUT2D eigenvalue weighted by Crippen LogP contribution is 2.19. The summed E-state index contributed by atoms with van der Waals surface area (Å²) in [5.74, 6) is -0.546. The summed E-state index contributed by atoms with van der Waals surface area (Å²) >= 11 is 12.0. The van der Waals surface area contributed by atoms with Gasteiger partial charge in [-0.1, -0.05) is 35.3 Å². The number of hydrazone groups is 1. The fraction of sp³-hybridized carbons (Fsp3) is 0.200. The lowest BCUT2D eigenvalue weighted by atomic mass is 10.2. The summed E-state index contributed by atoms with van der Waals surface area (Å²) in [6.45, 7) is 2.32. The van der Waals surface area contributed by atoms with Crippen molar-refractivity contribution >= 4 is 46.9 Å². The van der Waals surface area contributed by atoms with E-state index in [2.05, 4.69) is 15.0 Å². The van der Waals surface area contributed by atoms with Gasteiger partial charge in [0.1, 0.15) is 6.54 Å². The van der Waals surface area contributed by atoms with Gasteiger partial charge in [-0.3, -0.25) is 14.6 Å². The average Bonchev–Trinajstić information content (AvgIpc) is 2.87. The predicted octanol–water partition coefficient (Wildman–Crippen LogP) is 4.21. The van der Waals surface area contributed by atoms with E-state index in [-0.39, 0.29) is 18.4 Å². The summed E-state index contributed by atoms with van der Waals surface area (Å²) in [5, 5.41) is 6.76. The molecule has 0 saturated carbocycles. The minimum atomic E-state index is -0.381. The molecule has 1 saturated heterocycles. The number of carbonyl (C=O) groups excluding carboxylic acids is 2. The number of rotatable bonds is 6. The smallest absolute Gasteiger partial charge is 0.274 e. The third-order valence-electron chi connectivity index (χ3n) is 5.47. The van der Waals surface area contributed by atoms with Crippen LogP contribution < -0.4 is 4.90 Å². The van der Waals surface area contributed by atoms with Gasteiger partial charge in [-0.25, -0.2) is 5.01 Å². The van der Waals surface area contributed by atoms with Gasteiger partial charge in [-0.2, -0.15) is 5.10 Å². The second kappa shape index (κ2) is 11.1. The number of hydrogen-bond donors (Lipinski definition) is 0. The Kier molecular flexibility index (Phi) is 7.77. The van der Waals surface area contributed by atoms with E-state index in [9.17, 15) is 9.59 Å². The molecular weight excluding hydrogens is 473 g/mol. The topological polar surface area (TPSA) is 69.1 Å². The van der Waals surface area contributed by atoms with Gasteiger partial charge in [-0.05, 0) is 54.1 Å². The van der Waals surface area contributed by atoms with Gasteiger partial charge in [0.2, 0.25) is 5.91 Å². The van der Waals surface area contributed by atoms with Crippen LogP contribution in [0.15, 0.2) is 78.2 Å². The van der Waals surface area contributed by atoms with E-state index in [1.807, 2.05) is 30.3 Å². The molecule has 2 amide bonds. The molecule has 0 atom stereocenters. The van der Waals surface area contributed by atoms with E-state index in [1.165, 1.54) is 23.6 Å². The molecule has 0 N–H and O–H groups in total. The molecule has 1 aliphatic rings. The van der Waals surface area contributed by atoms with Gasteiger partial charge >= 0.3 is 0 Å². The first kappa shape index (κ1) is 23.7. The maximum Gasteiger partial charge on any atom is 0.274 e. The molecule has 0 unspecified atom stereocenters. The van der Waals surface area contributed by atoms with Crippen LogP contribution in [0.5, 0.6) is 0 Å². The van der Waals surface area contributed by atoms with E-state index >= 15 is 0 Å². The van der Waals surface area contributed by atoms with Crippen molar-refractivity contribution < 1.29 is 9.59 Å². The lowest BCUT2D eigenvalue weighted by molar-refractivity contribution is -0.132. The molecule has 4 rings (SSSR count). The van der Waals surface area contributed by atoms with Gasteiger partial charge in [0.15, 0.2) is 0 Å². The summed E-state index contributed by atoms with van der Waals surface area (Å²) in [4.78, 5) is 34.1. The van der Waals surface area contributed by atoms with Gasteiger partial charge in [0.25, 0.3) is 5.91 Å². The normalized spacial score (nSPS) is 13.8. The molecule has 1 aliphatic heterocycles. The lowest BCUT2D eigenvalue weighted by Gasteiger charge is -2.36. The lowest BCUT2D eigenvalue weighted by Crippen LogP contribution is -2.51. The molecule has 0 aliphatic carbocycles. The SMILES string of the molecule is O=C(CN(/N=C/c1cccc(Cl)c1)C(=O)c1ccncc1)N1CCN(c2ccc(Cl)cc2)CC1. The number of halogens is 2. The number of hydrogen-bond acceptors (Lipinski definition) is 5. The van der Waals surface area contributed by atoms with Crippen LogP contribution in [-0.4, -0.2) is 65.6 Å². The Balaban J connectivity index is 1.44. The minimum absolute atomic E-state index is 0.165. The molecule has 0 radical (unpaired) electrons. The quantitative estimate of drug-likeness (QED) is 0.379. The second-order valence-corrected chi connectivity index (χ2v) is 8.62. The third-order valence-corrected chi connectivity index (χ3v) is 5.95. The molecular formula is C25H23Cl2N5O2. The van der Waals surface area contributed by atoms with Crippen molar-refractivity contribution in [3.8, 4) is 0 Å². The van der Waals surface area contributed by atoms with Crippen molar-refractivity contribution in [1.82, 2.24) is 14.9 Å². The number of carbonyl (C=O) groups is 2. The zero-order valence-corrected chi connectivity index (χ0v) is 19.9. The molecule has 2 heterocycles. The summed E-state index contributed by atoms with van der Waals surface area (Å²) in [5.41, 5.74) is 2.19. The highest BCUT2D eigenvalue weighted by Gasteiger charge is 2.25. The van der Waals surface area contributed by atoms with E-state index in [0.29, 0.717) is 41.8 Å². The number of pyridine rings is 1. The molecule has 2 aromatic carbocycles. The van der Waals surface area contributed by atoms with Crippen LogP contribution in [0.2, 0.25) is 10.0 Å². The molecule has 174 valence electrons. The first-order valence-electron chi connectivity index (χ1n) is 10.8. The molecule has 0 bridgehead atoms. The van der Waals surface area contributed by atoms with Crippen LogP contribution in [0.25, 0.3) is 0 Å². The largest absolute Gasteiger partial charge is 0.368 e. The van der Waals surface area contributed by atoms with Crippen LogP contribution in [0.1, 0.15) is 15.9 Å². The standard InChI is InChI=1S/C25H23Cl2N5O2/c26-21-4-6-23(7-5-21)30-12-14-31(15-13-30)24(33)18-32(25(34)20-8-10-28-11-9-20)29-17-19-2-1-3-22(27)16-19/h1-11,16-17H,12-15,18H2/b29-17+. The van der Waals surface area contributed by atoms with Crippen LogP contribution in [0.4, 0.5) is 5.69 Å². The van der Waals surface area contributed by atoms with Gasteiger partial charge in [0, 0.05) is 59.9 Å². The van der Waals surface area contributed by atoms with Crippen molar-refractivity contribution in [3.05, 3.63) is 94.2 Å². The Morgan fingerprint density at radius 2 is 1.65 bits per heavy atom. The Labute approximate surface area is 208 Å². The summed E-state index contributed by atoms with van der Waals surface area (Å²) < 4.78 is 0. The summed E-state index contributed by atoms with van der Waals surface area (Å²) in [6.07, 6.45) is 4.59. The summed E-state index contributed by atoms with van der Waals surface area (Å²) in [7, 11) is 0. The third kappa shape index (κ3) is 6.12. The molecule has 3 aromatic rings. The number of aromatic nitrogens is 1. The van der Waals surface area contributed by atoms with Crippen molar-refractivity contribution in [3.63, 3.8) is 0 Å². The molecule has 1 fully saturated rings. The zero-order valence-electron chi connectivity index (χ0n) is 18.3. The fourth-order valence-electron chi connectivity index (χ4n) is 3.63. The highest BCUT2D eigenvalue weighted by atomic mass is 35.5. The Bertz CT molecular complexity index is 1160. The molecule has 9 heteroatoms. The first-order chi connectivity index (χ1) is 16.5. The number of nitrogens with zero attached hydrogens (tertiary/aromatic N) is 5. The van der Waals surface area contributed by atoms with Crippen molar-refractivity contribution in [2.24, 2.45) is 5.10 Å². The Morgan fingerprint density at radius 1 is 0.941 bits per heavy atom. The van der Waals surface area contributed by atoms with Gasteiger partial charge < -0.3 is 9.80 Å². The molecule has 34 heavy (non-hydrogen) atoms. The molecule has 1 aromatic heterocycles. The predicted molar refractivity (Wildman–Crippen MR) is 135 cm³/mol. The van der Waals surface area contributed by atoms with E-state index in [0.717, 1.165) is 11.3 Å². The number of anilines is 1. The number of amides is 2. The monoisotopic (exact) mass is 495 g/mol. The zero-order chi connectivity index (χ0) is 23.9. The fourth-order valence-corrected chi connectivity index (χ4v) is 3.95. The van der Waals surface area contributed by atoms with E-state index in [1.54, 1.807) is 35.2 Å². The van der Waals surface area contributed by atoms with Crippen LogP contribution in [0, 0.1) is 0 Å².